The number of aldehydes is 1. The Morgan fingerprint density at radius 3 is 2.30 bits per heavy atom. The molecule has 1 aromatic heterocycles. The van der Waals surface area contributed by atoms with E-state index in [0.29, 0.717) is 56.3 Å². The van der Waals surface area contributed by atoms with Crippen LogP contribution in [0.2, 0.25) is 0 Å². The minimum absolute atomic E-state index is 0.00191. The highest BCUT2D eigenvalue weighted by molar-refractivity contribution is 7.13. The summed E-state index contributed by atoms with van der Waals surface area (Å²) >= 11 is 1.35. The molecule has 18 nitrogen and oxygen atoms in total. The van der Waals surface area contributed by atoms with Crippen LogP contribution in [0.15, 0.2) is 103 Å². The number of hydrogen-bond acceptors (Lipinski definition) is 14. The first-order valence-corrected chi connectivity index (χ1v) is 24.0. The standard InChI is InChI=1S/C51H53N9O9S/c1-57(46(34-8-3-2-4-9-34)48(66)56-51-54-22-27-70-51)29-36-13-12-35(28-37(36)31-61)33-14-16-38(17-15-33)59-25-23-58(24-26-59)30-43(63)52-20-5-6-21-53-44(64)32-69-41-11-7-10-39-45(41)50(68)60(49(39)67)40-18-19-42(62)55-47(40)65/h2-4,7-17,22,27-28,31,40,46H,5-6,18-21,23-26,29-30,32H2,1H3,(H,52,63)(H,53,64)(H,54,56,66)(H,55,62,65). The fourth-order valence-electron chi connectivity index (χ4n) is 8.88. The summed E-state index contributed by atoms with van der Waals surface area (Å²) in [5, 5.41) is 13.1. The summed E-state index contributed by atoms with van der Waals surface area (Å²) in [4.78, 5) is 113. The van der Waals surface area contributed by atoms with Gasteiger partial charge < -0.3 is 25.6 Å². The number of amides is 7. The lowest BCUT2D eigenvalue weighted by Gasteiger charge is -2.35. The summed E-state index contributed by atoms with van der Waals surface area (Å²) in [6, 6.07) is 26.3. The number of piperazine rings is 1. The number of likely N-dealkylation sites (N-methyl/N-ethyl adjacent to an activating group) is 1. The zero-order valence-electron chi connectivity index (χ0n) is 38.6. The van der Waals surface area contributed by atoms with Gasteiger partial charge in [-0.2, -0.15) is 0 Å². The number of imide groups is 2. The molecule has 7 amide bonds. The third-order valence-corrected chi connectivity index (χ3v) is 13.2. The van der Waals surface area contributed by atoms with Crippen molar-refractivity contribution in [1.82, 2.24) is 35.6 Å². The van der Waals surface area contributed by atoms with Crippen molar-refractivity contribution in [3.8, 4) is 16.9 Å². The van der Waals surface area contributed by atoms with Gasteiger partial charge in [0, 0.05) is 75.1 Å². The quantitative estimate of drug-likeness (QED) is 0.0492. The summed E-state index contributed by atoms with van der Waals surface area (Å²) in [7, 11) is 1.87. The molecule has 362 valence electrons. The summed E-state index contributed by atoms with van der Waals surface area (Å²) in [6.07, 6.45) is 3.77. The van der Waals surface area contributed by atoms with Crippen molar-refractivity contribution in [3.63, 3.8) is 0 Å². The zero-order valence-corrected chi connectivity index (χ0v) is 39.4. The van der Waals surface area contributed by atoms with Gasteiger partial charge >= 0.3 is 0 Å². The second-order valence-corrected chi connectivity index (χ2v) is 18.1. The normalized spacial score (nSPS) is 16.4. The highest BCUT2D eigenvalue weighted by atomic mass is 32.1. The summed E-state index contributed by atoms with van der Waals surface area (Å²) in [6.45, 7) is 3.96. The smallest absolute Gasteiger partial charge is 0.266 e. The molecular formula is C51H53N9O9S. The number of carbonyl (C=O) groups is 8. The van der Waals surface area contributed by atoms with Crippen LogP contribution in [0.1, 0.15) is 73.9 Å². The first kappa shape index (κ1) is 48.8. The van der Waals surface area contributed by atoms with Gasteiger partial charge in [0.1, 0.15) is 24.1 Å². The first-order chi connectivity index (χ1) is 34.0. The average Bonchev–Trinajstić information content (AvgIpc) is 3.97. The second kappa shape index (κ2) is 22.7. The molecule has 70 heavy (non-hydrogen) atoms. The second-order valence-electron chi connectivity index (χ2n) is 17.2. The van der Waals surface area contributed by atoms with Gasteiger partial charge in [-0.15, -0.1) is 11.3 Å². The Kier molecular flexibility index (Phi) is 15.8. The van der Waals surface area contributed by atoms with Gasteiger partial charge in [0.15, 0.2) is 11.7 Å². The monoisotopic (exact) mass is 967 g/mol. The number of benzene rings is 4. The molecular weight excluding hydrogens is 915 g/mol. The molecule has 0 radical (unpaired) electrons. The van der Waals surface area contributed by atoms with Crippen LogP contribution in [0.4, 0.5) is 10.8 Å². The van der Waals surface area contributed by atoms with E-state index in [1.807, 2.05) is 72.6 Å². The predicted molar refractivity (Wildman–Crippen MR) is 261 cm³/mol. The van der Waals surface area contributed by atoms with E-state index in [9.17, 15) is 38.4 Å². The van der Waals surface area contributed by atoms with E-state index in [1.165, 1.54) is 29.5 Å². The van der Waals surface area contributed by atoms with Crippen LogP contribution in [0.3, 0.4) is 0 Å². The third kappa shape index (κ3) is 11.6. The Hall–Kier alpha value is -7.61. The minimum Gasteiger partial charge on any atom is -0.483 e. The Bertz CT molecular complexity index is 2750. The largest absolute Gasteiger partial charge is 0.483 e. The number of piperidine rings is 1. The number of ether oxygens (including phenoxy) is 1. The molecule has 0 spiro atoms. The SMILES string of the molecule is CN(Cc1ccc(-c2ccc(N3CCN(CC(=O)NCCCCNC(=O)COc4cccc5c4C(=O)N(C4CCC(=O)NC4=O)C5=O)CC3)cc2)cc1C=O)C(C(=O)Nc1nccs1)c1ccccc1. The molecule has 0 saturated carbocycles. The maximum absolute atomic E-state index is 13.5. The Morgan fingerprint density at radius 1 is 0.871 bits per heavy atom. The van der Waals surface area contributed by atoms with E-state index in [1.54, 1.807) is 11.6 Å². The van der Waals surface area contributed by atoms with Crippen molar-refractivity contribution < 1.29 is 43.1 Å². The van der Waals surface area contributed by atoms with Crippen LogP contribution in [-0.4, -0.2) is 133 Å². The number of rotatable bonds is 20. The number of fused-ring (bicyclic) bond motifs is 1. The molecule has 8 rings (SSSR count). The number of nitrogens with one attached hydrogen (secondary N) is 4. The predicted octanol–water partition coefficient (Wildman–Crippen LogP) is 4.05. The average molecular weight is 968 g/mol. The highest BCUT2D eigenvalue weighted by Gasteiger charge is 2.46. The van der Waals surface area contributed by atoms with Gasteiger partial charge in [0.2, 0.25) is 23.6 Å². The molecule has 2 unspecified atom stereocenters. The zero-order chi connectivity index (χ0) is 49.1. The summed E-state index contributed by atoms with van der Waals surface area (Å²) in [5.74, 6) is -3.24. The molecule has 5 aromatic rings. The molecule has 2 atom stereocenters. The molecule has 3 aliphatic rings. The van der Waals surface area contributed by atoms with Crippen molar-refractivity contribution in [2.75, 3.05) is 69.7 Å². The fraction of sp³-hybridized carbons (Fsp3) is 0.314. The van der Waals surface area contributed by atoms with Gasteiger partial charge in [-0.3, -0.25) is 58.4 Å². The molecule has 2 saturated heterocycles. The van der Waals surface area contributed by atoms with E-state index in [4.69, 9.17) is 4.74 Å². The highest BCUT2D eigenvalue weighted by Crippen LogP contribution is 2.34. The van der Waals surface area contributed by atoms with Crippen molar-refractivity contribution in [2.45, 2.75) is 44.3 Å². The van der Waals surface area contributed by atoms with E-state index in [-0.39, 0.29) is 48.1 Å². The van der Waals surface area contributed by atoms with E-state index in [2.05, 4.69) is 48.2 Å². The molecule has 4 aromatic carbocycles. The van der Waals surface area contributed by atoms with Crippen LogP contribution < -0.4 is 30.9 Å². The Labute approximate surface area is 408 Å². The summed E-state index contributed by atoms with van der Waals surface area (Å²) in [5.41, 5.74) is 5.14. The number of aromatic nitrogens is 1. The van der Waals surface area contributed by atoms with Crippen molar-refractivity contribution in [3.05, 3.63) is 130 Å². The topological polar surface area (TPSA) is 220 Å². The number of carbonyl (C=O) groups excluding carboxylic acids is 8. The lowest BCUT2D eigenvalue weighted by Crippen LogP contribution is -2.54. The number of unbranched alkanes of at least 4 members (excludes halogenated alkanes) is 1. The number of hydrogen-bond donors (Lipinski definition) is 4. The van der Waals surface area contributed by atoms with Crippen LogP contribution in [-0.2, 0) is 30.5 Å². The van der Waals surface area contributed by atoms with Crippen LogP contribution in [0.5, 0.6) is 5.75 Å². The molecule has 4 N–H and O–H groups in total. The van der Waals surface area contributed by atoms with Crippen LogP contribution in [0, 0.1) is 0 Å². The van der Waals surface area contributed by atoms with Crippen molar-refractivity contribution in [1.29, 1.82) is 0 Å². The van der Waals surface area contributed by atoms with E-state index < -0.39 is 48.2 Å². The molecule has 2 fully saturated rings. The minimum atomic E-state index is -1.11. The third-order valence-electron chi connectivity index (χ3n) is 12.5. The maximum atomic E-state index is 13.5. The van der Waals surface area contributed by atoms with E-state index in [0.717, 1.165) is 52.2 Å². The van der Waals surface area contributed by atoms with Gasteiger partial charge in [-0.05, 0) is 78.9 Å². The Balaban J connectivity index is 0.729. The molecule has 4 heterocycles. The van der Waals surface area contributed by atoms with Crippen molar-refractivity contribution in [2.24, 2.45) is 0 Å². The molecule has 0 aliphatic carbocycles. The van der Waals surface area contributed by atoms with Gasteiger partial charge in [0.05, 0.1) is 17.7 Å². The van der Waals surface area contributed by atoms with Gasteiger partial charge in [0.25, 0.3) is 17.7 Å². The Morgan fingerprint density at radius 2 is 1.60 bits per heavy atom. The van der Waals surface area contributed by atoms with Crippen LogP contribution >= 0.6 is 11.3 Å². The fourth-order valence-corrected chi connectivity index (χ4v) is 9.41. The van der Waals surface area contributed by atoms with Gasteiger partial charge in [-0.1, -0.05) is 60.7 Å². The maximum Gasteiger partial charge on any atom is 0.266 e. The van der Waals surface area contributed by atoms with Crippen molar-refractivity contribution >= 4 is 69.8 Å². The van der Waals surface area contributed by atoms with Gasteiger partial charge in [-0.25, -0.2) is 4.98 Å². The number of thiazole rings is 1. The number of anilines is 2. The van der Waals surface area contributed by atoms with E-state index >= 15 is 0 Å². The summed E-state index contributed by atoms with van der Waals surface area (Å²) < 4.78 is 5.64. The molecule has 0 bridgehead atoms. The lowest BCUT2D eigenvalue weighted by molar-refractivity contribution is -0.136. The molecule has 19 heteroatoms. The number of nitrogens with zero attached hydrogens (tertiary/aromatic N) is 5. The lowest BCUT2D eigenvalue weighted by atomic mass is 9.98. The molecule has 3 aliphatic heterocycles. The van der Waals surface area contributed by atoms with Crippen LogP contribution in [0.25, 0.3) is 11.1 Å². The first-order valence-electron chi connectivity index (χ1n) is 23.1.